The average Bonchev–Trinajstić information content (AvgIpc) is 3.24. The molecule has 1 aliphatic carbocycles. The Morgan fingerprint density at radius 3 is 2.45 bits per heavy atom. The molecule has 2 aliphatic heterocycles. The second kappa shape index (κ2) is 7.21. The zero-order valence-corrected chi connectivity index (χ0v) is 16.5. The van der Waals surface area contributed by atoms with E-state index in [0.717, 1.165) is 25.7 Å². The van der Waals surface area contributed by atoms with E-state index in [0.29, 0.717) is 26.1 Å². The number of hydrogen-bond donors (Lipinski definition) is 1. The van der Waals surface area contributed by atoms with Gasteiger partial charge in [-0.3, -0.25) is 4.79 Å². The fraction of sp³-hybridized carbons (Fsp3) is 0.417. The van der Waals surface area contributed by atoms with Crippen molar-refractivity contribution < 1.29 is 14.3 Å². The Hall–Kier alpha value is -2.82. The molecule has 0 radical (unpaired) electrons. The summed E-state index contributed by atoms with van der Waals surface area (Å²) >= 11 is 0. The topological polar surface area (TPSA) is 58.6 Å². The van der Waals surface area contributed by atoms with E-state index in [2.05, 4.69) is 41.7 Å². The minimum atomic E-state index is -0.237. The van der Waals surface area contributed by atoms with Crippen molar-refractivity contribution in [3.8, 4) is 11.1 Å². The van der Waals surface area contributed by atoms with Crippen LogP contribution < -0.4 is 5.32 Å². The number of likely N-dealkylation sites (tertiary alicyclic amines) is 1. The third-order valence-corrected chi connectivity index (χ3v) is 6.88. The van der Waals surface area contributed by atoms with E-state index in [-0.39, 0.29) is 23.5 Å². The first kappa shape index (κ1) is 18.2. The zero-order valence-electron chi connectivity index (χ0n) is 16.5. The molecule has 0 saturated carbocycles. The summed E-state index contributed by atoms with van der Waals surface area (Å²) in [6.45, 7) is 1.69. The van der Waals surface area contributed by atoms with Crippen LogP contribution in [0.3, 0.4) is 0 Å². The van der Waals surface area contributed by atoms with Crippen LogP contribution in [0.5, 0.6) is 0 Å². The Labute approximate surface area is 171 Å². The van der Waals surface area contributed by atoms with E-state index in [1.165, 1.54) is 22.3 Å². The van der Waals surface area contributed by atoms with E-state index < -0.39 is 0 Å². The number of nitrogens with zero attached hydrogens (tertiary/aromatic N) is 1. The molecule has 2 amide bonds. The van der Waals surface area contributed by atoms with Gasteiger partial charge in [0.25, 0.3) is 0 Å². The Balaban J connectivity index is 1.34. The summed E-state index contributed by atoms with van der Waals surface area (Å²) in [4.78, 5) is 26.8. The smallest absolute Gasteiger partial charge is 0.410 e. The van der Waals surface area contributed by atoms with Crippen molar-refractivity contribution in [2.75, 3.05) is 19.7 Å². The lowest BCUT2D eigenvalue weighted by Crippen LogP contribution is -2.48. The van der Waals surface area contributed by atoms with Crippen LogP contribution >= 0.6 is 0 Å². The van der Waals surface area contributed by atoms with Crippen molar-refractivity contribution in [3.05, 3.63) is 59.7 Å². The molecule has 5 nitrogen and oxygen atoms in total. The lowest BCUT2D eigenvalue weighted by molar-refractivity contribution is -0.120. The first-order valence-corrected chi connectivity index (χ1v) is 10.6. The Morgan fingerprint density at radius 2 is 1.72 bits per heavy atom. The average molecular weight is 390 g/mol. The van der Waals surface area contributed by atoms with Gasteiger partial charge in [0.15, 0.2) is 0 Å². The molecule has 5 rings (SSSR count). The molecule has 3 aliphatic rings. The predicted molar refractivity (Wildman–Crippen MR) is 111 cm³/mol. The summed E-state index contributed by atoms with van der Waals surface area (Å²) in [5.74, 6) is 0.156. The van der Waals surface area contributed by atoms with Crippen LogP contribution in [0.2, 0.25) is 0 Å². The van der Waals surface area contributed by atoms with Crippen LogP contribution in [-0.4, -0.2) is 42.1 Å². The van der Waals surface area contributed by atoms with Gasteiger partial charge in [-0.1, -0.05) is 48.5 Å². The molecule has 2 aromatic rings. The lowest BCUT2D eigenvalue weighted by Gasteiger charge is -2.37. The molecular formula is C24H26N2O3. The third-order valence-electron chi connectivity index (χ3n) is 6.88. The number of fused-ring (bicyclic) bond motifs is 3. The second-order valence-electron chi connectivity index (χ2n) is 8.38. The van der Waals surface area contributed by atoms with E-state index in [1.807, 2.05) is 17.0 Å². The maximum Gasteiger partial charge on any atom is 0.410 e. The number of hydrogen-bond acceptors (Lipinski definition) is 3. The van der Waals surface area contributed by atoms with E-state index in [9.17, 15) is 9.59 Å². The molecule has 1 spiro atoms. The maximum absolute atomic E-state index is 13.1. The van der Waals surface area contributed by atoms with Gasteiger partial charge in [-0.05, 0) is 47.9 Å². The quantitative estimate of drug-likeness (QED) is 0.841. The summed E-state index contributed by atoms with van der Waals surface area (Å²) in [6.07, 6.45) is 3.70. The molecule has 2 heterocycles. The third kappa shape index (κ3) is 3.09. The fourth-order valence-corrected chi connectivity index (χ4v) is 5.41. The SMILES string of the molecule is O=C1CCC2(CCCN2C(=O)OCC2c3ccccc3-c3ccccc32)CCN1. The number of ether oxygens (including phenoxy) is 1. The number of carbonyl (C=O) groups excluding carboxylic acids is 2. The van der Waals surface area contributed by atoms with Gasteiger partial charge >= 0.3 is 6.09 Å². The van der Waals surface area contributed by atoms with Crippen molar-refractivity contribution in [3.63, 3.8) is 0 Å². The molecule has 2 saturated heterocycles. The van der Waals surface area contributed by atoms with Crippen molar-refractivity contribution >= 4 is 12.0 Å². The Kier molecular flexibility index (Phi) is 4.53. The van der Waals surface area contributed by atoms with Crippen molar-refractivity contribution in [2.45, 2.75) is 43.6 Å². The van der Waals surface area contributed by atoms with Crippen LogP contribution in [0, 0.1) is 0 Å². The van der Waals surface area contributed by atoms with Crippen LogP contribution in [0.1, 0.15) is 49.1 Å². The molecular weight excluding hydrogens is 364 g/mol. The standard InChI is InChI=1S/C24H26N2O3/c27-22-10-12-24(13-14-25-22)11-5-15-26(24)23(28)29-16-21-19-8-3-1-6-17(19)18-7-2-4-9-20(18)21/h1-4,6-9,21H,5,10-16H2,(H,25,27). The molecule has 0 aromatic heterocycles. The van der Waals surface area contributed by atoms with Crippen molar-refractivity contribution in [1.29, 1.82) is 0 Å². The monoisotopic (exact) mass is 390 g/mol. The van der Waals surface area contributed by atoms with E-state index in [1.54, 1.807) is 0 Å². The van der Waals surface area contributed by atoms with Gasteiger partial charge in [0.2, 0.25) is 5.91 Å². The molecule has 150 valence electrons. The number of amides is 2. The highest BCUT2D eigenvalue weighted by molar-refractivity contribution is 5.79. The van der Waals surface area contributed by atoms with Crippen LogP contribution in [0.4, 0.5) is 4.79 Å². The molecule has 1 N–H and O–H groups in total. The highest BCUT2D eigenvalue weighted by Crippen LogP contribution is 2.45. The normalized spacial score (nSPS) is 23.4. The summed E-state index contributed by atoms with van der Waals surface area (Å²) in [5, 5.41) is 2.94. The maximum atomic E-state index is 13.1. The number of benzene rings is 2. The zero-order chi connectivity index (χ0) is 19.8. The van der Waals surface area contributed by atoms with Gasteiger partial charge in [0, 0.05) is 31.0 Å². The number of carbonyl (C=O) groups is 2. The summed E-state index contributed by atoms with van der Waals surface area (Å²) in [5.41, 5.74) is 4.68. The van der Waals surface area contributed by atoms with E-state index >= 15 is 0 Å². The van der Waals surface area contributed by atoms with Gasteiger partial charge in [-0.15, -0.1) is 0 Å². The second-order valence-corrected chi connectivity index (χ2v) is 8.38. The van der Waals surface area contributed by atoms with Crippen molar-refractivity contribution in [1.82, 2.24) is 10.2 Å². The molecule has 2 fully saturated rings. The van der Waals surface area contributed by atoms with Crippen LogP contribution in [0.25, 0.3) is 11.1 Å². The summed E-state index contributed by atoms with van der Waals surface area (Å²) in [7, 11) is 0. The first-order valence-electron chi connectivity index (χ1n) is 10.6. The molecule has 0 bridgehead atoms. The minimum absolute atomic E-state index is 0.0716. The Morgan fingerprint density at radius 1 is 1.03 bits per heavy atom. The number of rotatable bonds is 2. The lowest BCUT2D eigenvalue weighted by atomic mass is 9.88. The number of nitrogens with one attached hydrogen (secondary N) is 1. The van der Waals surface area contributed by atoms with E-state index in [4.69, 9.17) is 4.74 Å². The van der Waals surface area contributed by atoms with Gasteiger partial charge in [-0.2, -0.15) is 0 Å². The highest BCUT2D eigenvalue weighted by Gasteiger charge is 2.45. The summed E-state index contributed by atoms with van der Waals surface area (Å²) in [6, 6.07) is 16.7. The molecule has 5 heteroatoms. The van der Waals surface area contributed by atoms with Gasteiger partial charge in [0.05, 0.1) is 0 Å². The molecule has 1 atom stereocenters. The predicted octanol–water partition coefficient (Wildman–Crippen LogP) is 4.07. The fourth-order valence-electron chi connectivity index (χ4n) is 5.41. The molecule has 2 aromatic carbocycles. The van der Waals surface area contributed by atoms with Gasteiger partial charge in [-0.25, -0.2) is 4.79 Å². The minimum Gasteiger partial charge on any atom is -0.448 e. The first-order chi connectivity index (χ1) is 14.2. The van der Waals surface area contributed by atoms with Gasteiger partial charge < -0.3 is 15.0 Å². The van der Waals surface area contributed by atoms with Crippen LogP contribution in [-0.2, 0) is 9.53 Å². The summed E-state index contributed by atoms with van der Waals surface area (Å²) < 4.78 is 5.90. The molecule has 29 heavy (non-hydrogen) atoms. The van der Waals surface area contributed by atoms with Crippen LogP contribution in [0.15, 0.2) is 48.5 Å². The molecule has 1 unspecified atom stereocenters. The highest BCUT2D eigenvalue weighted by atomic mass is 16.6. The Bertz CT molecular complexity index is 911. The largest absolute Gasteiger partial charge is 0.448 e. The van der Waals surface area contributed by atoms with Crippen molar-refractivity contribution in [2.24, 2.45) is 0 Å². The van der Waals surface area contributed by atoms with Gasteiger partial charge in [0.1, 0.15) is 6.61 Å².